The highest BCUT2D eigenvalue weighted by atomic mass is 16.6. The molecule has 0 aromatic rings. The molecule has 3 N–H and O–H groups in total. The molecule has 4 unspecified atom stereocenters. The number of carbonyl (C=O) groups is 1. The molecule has 1 aliphatic heterocycles. The molecule has 376 valence electrons. The molecule has 9 nitrogen and oxygen atoms in total. The topological polar surface area (TPSA) is 97.7 Å². The molecular weight excluding hydrogens is 785 g/mol. The molecule has 1 saturated heterocycles. The van der Waals surface area contributed by atoms with Gasteiger partial charge in [-0.1, -0.05) is 182 Å². The second-order valence-electron chi connectivity index (χ2n) is 19.8. The highest BCUT2D eigenvalue weighted by molar-refractivity contribution is 5.72. The van der Waals surface area contributed by atoms with Crippen molar-refractivity contribution in [3.8, 4) is 0 Å². The Kier molecular flexibility index (Phi) is 43.0. The van der Waals surface area contributed by atoms with E-state index in [9.17, 15) is 15.0 Å². The van der Waals surface area contributed by atoms with Crippen molar-refractivity contribution in [2.75, 3.05) is 85.8 Å². The SMILES string of the molecule is CCCCCCCCC(CCCCCC)C(=O)OCCCCCCN(CCCCCCOC(O)C(CCCCCC)CCCCCCCC)CC(CN1CCN(C)CC1)NCCO. The summed E-state index contributed by atoms with van der Waals surface area (Å²) in [6.07, 6.45) is 37.5. The van der Waals surface area contributed by atoms with E-state index in [1.807, 2.05) is 0 Å². The number of likely N-dealkylation sites (N-methyl/N-ethyl adjacent to an activating group) is 1. The van der Waals surface area contributed by atoms with Gasteiger partial charge in [0, 0.05) is 64.4 Å². The number of aliphatic hydroxyl groups excluding tert-OH is 2. The first-order valence-corrected chi connectivity index (χ1v) is 27.8. The minimum atomic E-state index is -0.624. The van der Waals surface area contributed by atoms with Crippen LogP contribution < -0.4 is 5.32 Å². The second-order valence-corrected chi connectivity index (χ2v) is 19.8. The minimum absolute atomic E-state index is 0.0567. The first-order valence-electron chi connectivity index (χ1n) is 27.8. The molecule has 0 aromatic carbocycles. The summed E-state index contributed by atoms with van der Waals surface area (Å²) < 4.78 is 12.0. The zero-order chi connectivity index (χ0) is 45.9. The molecule has 0 amide bonds. The third-order valence-electron chi connectivity index (χ3n) is 13.8. The summed E-state index contributed by atoms with van der Waals surface area (Å²) in [5.41, 5.74) is 0. The van der Waals surface area contributed by atoms with Gasteiger partial charge in [-0.15, -0.1) is 0 Å². The van der Waals surface area contributed by atoms with Gasteiger partial charge >= 0.3 is 5.97 Å². The number of carbonyl (C=O) groups excluding carboxylic acids is 1. The van der Waals surface area contributed by atoms with Crippen molar-refractivity contribution in [3.63, 3.8) is 0 Å². The molecule has 0 radical (unpaired) electrons. The summed E-state index contributed by atoms with van der Waals surface area (Å²) in [7, 11) is 2.21. The zero-order valence-corrected chi connectivity index (χ0v) is 42.9. The highest BCUT2D eigenvalue weighted by Crippen LogP contribution is 2.24. The maximum Gasteiger partial charge on any atom is 0.308 e. The molecule has 0 saturated carbocycles. The number of hydrogen-bond acceptors (Lipinski definition) is 9. The van der Waals surface area contributed by atoms with Crippen LogP contribution >= 0.6 is 0 Å². The van der Waals surface area contributed by atoms with Crippen molar-refractivity contribution in [3.05, 3.63) is 0 Å². The molecular formula is C54H110N4O5. The maximum atomic E-state index is 13.2. The van der Waals surface area contributed by atoms with E-state index in [4.69, 9.17) is 9.47 Å². The van der Waals surface area contributed by atoms with Gasteiger partial charge in [0.25, 0.3) is 0 Å². The van der Waals surface area contributed by atoms with E-state index in [-0.39, 0.29) is 24.4 Å². The number of rotatable bonds is 48. The molecule has 1 heterocycles. The van der Waals surface area contributed by atoms with Gasteiger partial charge in [-0.3, -0.25) is 9.69 Å². The van der Waals surface area contributed by atoms with Gasteiger partial charge in [0.2, 0.25) is 0 Å². The van der Waals surface area contributed by atoms with Crippen molar-refractivity contribution in [1.82, 2.24) is 20.0 Å². The second kappa shape index (κ2) is 45.0. The minimum Gasteiger partial charge on any atom is -0.465 e. The van der Waals surface area contributed by atoms with E-state index >= 15 is 0 Å². The van der Waals surface area contributed by atoms with E-state index in [1.165, 1.54) is 122 Å². The van der Waals surface area contributed by atoms with Gasteiger partial charge < -0.3 is 34.8 Å². The Morgan fingerprint density at radius 1 is 0.587 bits per heavy atom. The molecule has 0 bridgehead atoms. The summed E-state index contributed by atoms with van der Waals surface area (Å²) in [4.78, 5) is 20.9. The third-order valence-corrected chi connectivity index (χ3v) is 13.8. The fourth-order valence-corrected chi connectivity index (χ4v) is 9.43. The van der Waals surface area contributed by atoms with Crippen LogP contribution in [0.15, 0.2) is 0 Å². The van der Waals surface area contributed by atoms with Crippen LogP contribution in [-0.2, 0) is 14.3 Å². The molecule has 9 heteroatoms. The Morgan fingerprint density at radius 2 is 1.03 bits per heavy atom. The van der Waals surface area contributed by atoms with Gasteiger partial charge in [0.05, 0.1) is 19.1 Å². The predicted molar refractivity (Wildman–Crippen MR) is 270 cm³/mol. The van der Waals surface area contributed by atoms with Crippen LogP contribution in [0.25, 0.3) is 0 Å². The van der Waals surface area contributed by atoms with Crippen LogP contribution in [0.4, 0.5) is 0 Å². The number of aliphatic hydroxyl groups is 2. The lowest BCUT2D eigenvalue weighted by Crippen LogP contribution is -2.53. The standard InChI is InChI=1S/C54H110N4O5/c1-6-10-14-18-20-28-36-50(34-26-16-12-8-3)53(60)62-46-32-24-22-30-39-57(48-52(55-38-45-59)49-58-43-41-56(5)42-44-58)40-31-23-25-33-47-63-54(61)51(35-27-17-13-9-4)37-29-21-19-15-11-7-2/h50-53,55,59-60H,6-49H2,1-5H3. The van der Waals surface area contributed by atoms with Crippen LogP contribution in [0.1, 0.15) is 233 Å². The van der Waals surface area contributed by atoms with Crippen molar-refractivity contribution >= 4 is 5.97 Å². The highest BCUT2D eigenvalue weighted by Gasteiger charge is 2.22. The van der Waals surface area contributed by atoms with E-state index in [0.29, 0.717) is 25.8 Å². The number of esters is 1. The van der Waals surface area contributed by atoms with Crippen LogP contribution in [0, 0.1) is 11.8 Å². The quantitative estimate of drug-likeness (QED) is 0.0313. The predicted octanol–water partition coefficient (Wildman–Crippen LogP) is 12.2. The Morgan fingerprint density at radius 3 is 1.56 bits per heavy atom. The first kappa shape index (κ1) is 60.2. The zero-order valence-electron chi connectivity index (χ0n) is 42.9. The van der Waals surface area contributed by atoms with Crippen LogP contribution in [0.3, 0.4) is 0 Å². The molecule has 0 spiro atoms. The molecule has 1 fully saturated rings. The number of nitrogens with zero attached hydrogens (tertiary/aromatic N) is 3. The van der Waals surface area contributed by atoms with Crippen molar-refractivity contribution in [1.29, 1.82) is 0 Å². The fraction of sp³-hybridized carbons (Fsp3) is 0.981. The Bertz CT molecular complexity index is 953. The smallest absolute Gasteiger partial charge is 0.308 e. The Hall–Kier alpha value is -0.810. The van der Waals surface area contributed by atoms with Crippen LogP contribution in [0.5, 0.6) is 0 Å². The molecule has 63 heavy (non-hydrogen) atoms. The molecule has 1 rings (SSSR count). The van der Waals surface area contributed by atoms with Gasteiger partial charge in [0.1, 0.15) is 0 Å². The average Bonchev–Trinajstić information content (AvgIpc) is 3.28. The average molecular weight is 895 g/mol. The first-order chi connectivity index (χ1) is 30.9. The van der Waals surface area contributed by atoms with Crippen molar-refractivity contribution in [2.24, 2.45) is 11.8 Å². The maximum absolute atomic E-state index is 13.2. The van der Waals surface area contributed by atoms with E-state index < -0.39 is 6.29 Å². The van der Waals surface area contributed by atoms with Crippen LogP contribution in [0.2, 0.25) is 0 Å². The Balaban J connectivity index is 2.61. The number of piperazine rings is 1. The van der Waals surface area contributed by atoms with E-state index in [1.54, 1.807) is 0 Å². The summed E-state index contributed by atoms with van der Waals surface area (Å²) in [6, 6.07) is 0.326. The lowest BCUT2D eigenvalue weighted by molar-refractivity contribution is -0.149. The third kappa shape index (κ3) is 36.0. The van der Waals surface area contributed by atoms with Gasteiger partial charge in [-0.25, -0.2) is 0 Å². The van der Waals surface area contributed by atoms with Gasteiger partial charge in [-0.2, -0.15) is 0 Å². The van der Waals surface area contributed by atoms with Gasteiger partial charge in [-0.05, 0) is 71.5 Å². The normalized spacial score (nSPS) is 15.9. The van der Waals surface area contributed by atoms with Crippen molar-refractivity contribution in [2.45, 2.75) is 245 Å². The fourth-order valence-electron chi connectivity index (χ4n) is 9.43. The summed E-state index contributed by atoms with van der Waals surface area (Å²) in [6.45, 7) is 19.7. The Labute approximate surface area is 392 Å². The summed E-state index contributed by atoms with van der Waals surface area (Å²) >= 11 is 0. The number of ether oxygens (including phenoxy) is 2. The summed E-state index contributed by atoms with van der Waals surface area (Å²) in [5, 5.41) is 24.5. The lowest BCUT2D eigenvalue weighted by Gasteiger charge is -2.36. The largest absolute Gasteiger partial charge is 0.465 e. The van der Waals surface area contributed by atoms with Crippen LogP contribution in [-0.4, -0.2) is 129 Å². The van der Waals surface area contributed by atoms with Crippen molar-refractivity contribution < 1.29 is 24.5 Å². The molecule has 0 aromatic heterocycles. The number of unbranched alkanes of at least 4 members (excludes halogenated alkanes) is 22. The number of nitrogens with one attached hydrogen (secondary N) is 1. The lowest BCUT2D eigenvalue weighted by atomic mass is 9.93. The van der Waals surface area contributed by atoms with Gasteiger partial charge in [0.15, 0.2) is 6.29 Å². The monoisotopic (exact) mass is 895 g/mol. The molecule has 0 aliphatic carbocycles. The van der Waals surface area contributed by atoms with E-state index in [0.717, 1.165) is 136 Å². The van der Waals surface area contributed by atoms with E-state index in [2.05, 4.69) is 54.8 Å². The number of hydrogen-bond donors (Lipinski definition) is 3. The molecule has 4 atom stereocenters. The summed E-state index contributed by atoms with van der Waals surface area (Å²) in [5.74, 6) is 0.407. The molecule has 1 aliphatic rings.